The van der Waals surface area contributed by atoms with E-state index in [-0.39, 0.29) is 17.9 Å². The van der Waals surface area contributed by atoms with Gasteiger partial charge in [-0.3, -0.25) is 14.9 Å². The molecule has 0 atom stereocenters. The van der Waals surface area contributed by atoms with Gasteiger partial charge in [0.05, 0.1) is 9.82 Å². The summed E-state index contributed by atoms with van der Waals surface area (Å²) in [7, 11) is 0. The van der Waals surface area contributed by atoms with Crippen LogP contribution in [0, 0.1) is 10.1 Å². The molecule has 3 aromatic rings. The molecule has 0 aliphatic heterocycles. The van der Waals surface area contributed by atoms with Crippen molar-refractivity contribution < 1.29 is 14.5 Å². The number of rotatable bonds is 8. The molecule has 27 heavy (non-hydrogen) atoms. The Bertz CT molecular complexity index is 959. The molecule has 0 saturated heterocycles. The van der Waals surface area contributed by atoms with Gasteiger partial charge >= 0.3 is 0 Å². The highest BCUT2D eigenvalue weighted by molar-refractivity contribution is 7.99. The Morgan fingerprint density at radius 3 is 2.67 bits per heavy atom. The molecule has 1 aromatic heterocycles. The maximum atomic E-state index is 11.3. The number of nitrogens with zero attached hydrogens (tertiary/aromatic N) is 4. The third-order valence-corrected chi connectivity index (χ3v) is 4.79. The average molecular weight is 384 g/mol. The number of nitro benzene ring substituents is 1. The van der Waals surface area contributed by atoms with Crippen LogP contribution in [0.2, 0.25) is 0 Å². The fraction of sp³-hybridized carbons (Fsp3) is 0.167. The van der Waals surface area contributed by atoms with Crippen LogP contribution in [-0.2, 0) is 13.2 Å². The fourth-order valence-electron chi connectivity index (χ4n) is 2.42. The number of para-hydroxylation sites is 1. The molecule has 138 valence electrons. The molecule has 0 amide bonds. The Labute approximate surface area is 159 Å². The van der Waals surface area contributed by atoms with Crippen molar-refractivity contribution in [3.8, 4) is 5.75 Å². The Morgan fingerprint density at radius 1 is 1.22 bits per heavy atom. The van der Waals surface area contributed by atoms with Crippen molar-refractivity contribution in [2.45, 2.75) is 30.1 Å². The van der Waals surface area contributed by atoms with Crippen LogP contribution in [0.4, 0.5) is 5.69 Å². The molecule has 1 heterocycles. The summed E-state index contributed by atoms with van der Waals surface area (Å²) in [6.07, 6.45) is 0.578. The number of hydrogen-bond donors (Lipinski definition) is 0. The summed E-state index contributed by atoms with van der Waals surface area (Å²) in [5.74, 6) is 1.34. The minimum absolute atomic E-state index is 0.141. The predicted molar refractivity (Wildman–Crippen MR) is 99.1 cm³/mol. The van der Waals surface area contributed by atoms with Crippen LogP contribution in [0.3, 0.4) is 0 Å². The standard InChI is InChI=1S/C18H16N4O4S/c1-2-21-17(12-26-14-6-4-3-5-7-14)19-20-18(21)27-16-9-8-13(11-23)10-15(16)22(24)25/h3-11H,2,12H2,1H3. The van der Waals surface area contributed by atoms with Crippen LogP contribution in [-0.4, -0.2) is 26.0 Å². The van der Waals surface area contributed by atoms with Gasteiger partial charge in [0, 0.05) is 18.2 Å². The zero-order chi connectivity index (χ0) is 19.2. The van der Waals surface area contributed by atoms with Gasteiger partial charge in [0.25, 0.3) is 5.69 Å². The number of nitro groups is 1. The molecule has 0 unspecified atom stereocenters. The lowest BCUT2D eigenvalue weighted by atomic mass is 10.2. The topological polar surface area (TPSA) is 100 Å². The first-order valence-electron chi connectivity index (χ1n) is 8.13. The van der Waals surface area contributed by atoms with E-state index in [1.54, 1.807) is 6.07 Å². The third-order valence-electron chi connectivity index (χ3n) is 3.74. The van der Waals surface area contributed by atoms with Crippen molar-refractivity contribution in [2.75, 3.05) is 0 Å². The van der Waals surface area contributed by atoms with Gasteiger partial charge < -0.3 is 9.30 Å². The van der Waals surface area contributed by atoms with Crippen LogP contribution in [0.1, 0.15) is 23.1 Å². The Hall–Kier alpha value is -3.20. The number of carbonyl (C=O) groups excluding carboxylic acids is 1. The number of benzene rings is 2. The van der Waals surface area contributed by atoms with E-state index in [9.17, 15) is 14.9 Å². The van der Waals surface area contributed by atoms with Crippen molar-refractivity contribution in [2.24, 2.45) is 0 Å². The Balaban J connectivity index is 1.83. The molecule has 0 fully saturated rings. The molecule has 0 radical (unpaired) electrons. The smallest absolute Gasteiger partial charge is 0.284 e. The molecular weight excluding hydrogens is 368 g/mol. The van der Waals surface area contributed by atoms with Gasteiger partial charge in [-0.25, -0.2) is 0 Å². The van der Waals surface area contributed by atoms with Gasteiger partial charge in [-0.2, -0.15) is 0 Å². The highest BCUT2D eigenvalue weighted by Crippen LogP contribution is 2.34. The number of ether oxygens (including phenoxy) is 1. The molecular formula is C18H16N4O4S. The number of hydrogen-bond acceptors (Lipinski definition) is 7. The van der Waals surface area contributed by atoms with Crippen molar-refractivity contribution in [3.05, 3.63) is 70.0 Å². The van der Waals surface area contributed by atoms with Crippen LogP contribution in [0.15, 0.2) is 58.6 Å². The van der Waals surface area contributed by atoms with Crippen LogP contribution in [0.25, 0.3) is 0 Å². The Morgan fingerprint density at radius 2 is 2.00 bits per heavy atom. The fourth-order valence-corrected chi connectivity index (χ4v) is 3.42. The first-order valence-corrected chi connectivity index (χ1v) is 8.95. The normalized spacial score (nSPS) is 10.6. The number of aromatic nitrogens is 3. The highest BCUT2D eigenvalue weighted by Gasteiger charge is 2.20. The first-order chi connectivity index (χ1) is 13.1. The molecule has 0 aliphatic rings. The summed E-state index contributed by atoms with van der Waals surface area (Å²) in [5, 5.41) is 20.1. The molecule has 9 heteroatoms. The second-order valence-corrected chi connectivity index (χ2v) is 6.46. The summed E-state index contributed by atoms with van der Waals surface area (Å²) in [6.45, 7) is 2.75. The zero-order valence-corrected chi connectivity index (χ0v) is 15.3. The molecule has 0 saturated carbocycles. The first kappa shape index (κ1) is 18.6. The number of aldehydes is 1. The monoisotopic (exact) mass is 384 g/mol. The summed E-state index contributed by atoms with van der Waals surface area (Å²) in [5.41, 5.74) is 0.109. The zero-order valence-electron chi connectivity index (χ0n) is 14.4. The van der Waals surface area contributed by atoms with E-state index in [1.165, 1.54) is 12.1 Å². The maximum Gasteiger partial charge on any atom is 0.284 e. The SMILES string of the molecule is CCn1c(COc2ccccc2)nnc1Sc1ccc(C=O)cc1[N+](=O)[O-]. The molecule has 3 rings (SSSR count). The average Bonchev–Trinajstić information content (AvgIpc) is 3.08. The quantitative estimate of drug-likeness (QED) is 0.331. The largest absolute Gasteiger partial charge is 0.486 e. The lowest BCUT2D eigenvalue weighted by Crippen LogP contribution is -2.07. The van der Waals surface area contributed by atoms with E-state index >= 15 is 0 Å². The van der Waals surface area contributed by atoms with Crippen molar-refractivity contribution >= 4 is 23.7 Å². The Kier molecular flexibility index (Phi) is 5.82. The summed E-state index contributed by atoms with van der Waals surface area (Å²) < 4.78 is 7.55. The van der Waals surface area contributed by atoms with E-state index in [0.717, 1.165) is 17.5 Å². The van der Waals surface area contributed by atoms with E-state index in [0.29, 0.717) is 28.7 Å². The summed E-state index contributed by atoms with van der Waals surface area (Å²) in [6, 6.07) is 13.7. The predicted octanol–water partition coefficient (Wildman–Crippen LogP) is 3.75. The van der Waals surface area contributed by atoms with E-state index in [4.69, 9.17) is 4.74 Å². The maximum absolute atomic E-state index is 11.3. The lowest BCUT2D eigenvalue weighted by molar-refractivity contribution is -0.387. The molecule has 0 bridgehead atoms. The van der Waals surface area contributed by atoms with Gasteiger partial charge in [0.1, 0.15) is 18.6 Å². The molecule has 2 aromatic carbocycles. The van der Waals surface area contributed by atoms with Gasteiger partial charge in [0.15, 0.2) is 11.0 Å². The molecule has 0 spiro atoms. The van der Waals surface area contributed by atoms with E-state index < -0.39 is 4.92 Å². The van der Waals surface area contributed by atoms with Crippen molar-refractivity contribution in [3.63, 3.8) is 0 Å². The van der Waals surface area contributed by atoms with Crippen molar-refractivity contribution in [1.82, 2.24) is 14.8 Å². The van der Waals surface area contributed by atoms with Gasteiger partial charge in [-0.05, 0) is 36.9 Å². The minimum Gasteiger partial charge on any atom is -0.486 e. The third kappa shape index (κ3) is 4.32. The lowest BCUT2D eigenvalue weighted by Gasteiger charge is -2.09. The summed E-state index contributed by atoms with van der Waals surface area (Å²) >= 11 is 1.13. The number of carbonyl (C=O) groups is 1. The summed E-state index contributed by atoms with van der Waals surface area (Å²) in [4.78, 5) is 22.1. The van der Waals surface area contributed by atoms with E-state index in [1.807, 2.05) is 41.8 Å². The van der Waals surface area contributed by atoms with Crippen molar-refractivity contribution in [1.29, 1.82) is 0 Å². The van der Waals surface area contributed by atoms with Gasteiger partial charge in [-0.1, -0.05) is 24.3 Å². The molecule has 0 aliphatic carbocycles. The van der Waals surface area contributed by atoms with Gasteiger partial charge in [0.2, 0.25) is 0 Å². The second kappa shape index (κ2) is 8.45. The van der Waals surface area contributed by atoms with Crippen LogP contribution < -0.4 is 4.74 Å². The van der Waals surface area contributed by atoms with Crippen LogP contribution >= 0.6 is 11.8 Å². The van der Waals surface area contributed by atoms with Crippen LogP contribution in [0.5, 0.6) is 5.75 Å². The van der Waals surface area contributed by atoms with E-state index in [2.05, 4.69) is 10.2 Å². The minimum atomic E-state index is -0.512. The molecule has 0 N–H and O–H groups in total. The molecule has 8 nitrogen and oxygen atoms in total. The van der Waals surface area contributed by atoms with Gasteiger partial charge in [-0.15, -0.1) is 10.2 Å². The second-order valence-electron chi connectivity index (χ2n) is 5.45. The highest BCUT2D eigenvalue weighted by atomic mass is 32.2.